The molecule has 7 heterocycles. The lowest BCUT2D eigenvalue weighted by Gasteiger charge is -2.43. The van der Waals surface area contributed by atoms with Crippen molar-refractivity contribution in [3.8, 4) is 0 Å². The first kappa shape index (κ1) is 40.0. The van der Waals surface area contributed by atoms with E-state index < -0.39 is 23.9 Å². The van der Waals surface area contributed by atoms with Gasteiger partial charge < -0.3 is 20.9 Å². The number of fused-ring (bicyclic) bond motifs is 2. The van der Waals surface area contributed by atoms with Crippen molar-refractivity contribution in [2.45, 2.75) is 50.2 Å². The van der Waals surface area contributed by atoms with Crippen LogP contribution in [0.25, 0.3) is 5.65 Å². The molecule has 4 N–H and O–H groups in total. The van der Waals surface area contributed by atoms with Gasteiger partial charge in [0.25, 0.3) is 17.7 Å². The predicted octanol–water partition coefficient (Wildman–Crippen LogP) is 3.41. The van der Waals surface area contributed by atoms with Gasteiger partial charge in [-0.05, 0) is 54.7 Å². The van der Waals surface area contributed by atoms with Crippen molar-refractivity contribution in [3.63, 3.8) is 0 Å². The summed E-state index contributed by atoms with van der Waals surface area (Å²) in [4.78, 5) is 65.4. The van der Waals surface area contributed by atoms with E-state index >= 15 is 8.78 Å². The maximum Gasteiger partial charge on any atom is 0.328 e. The number of nitrogens with two attached hydrogens (primary N) is 1. The number of carbonyl (C=O) groups excluding carboxylic acids is 4. The number of nitrogens with one attached hydrogen (secondary N) is 2. The molecule has 16 nitrogen and oxygen atoms in total. The molecule has 2 aromatic heterocycles. The first-order chi connectivity index (χ1) is 28.9. The molecule has 2 aromatic carbocycles. The number of carbonyl (C=O) groups is 4. The van der Waals surface area contributed by atoms with Gasteiger partial charge in [0.1, 0.15) is 5.69 Å². The van der Waals surface area contributed by atoms with Crippen LogP contribution in [0.15, 0.2) is 48.7 Å². The summed E-state index contributed by atoms with van der Waals surface area (Å²) in [5, 5.41) is 10.4. The van der Waals surface area contributed by atoms with Crippen molar-refractivity contribution < 1.29 is 28.0 Å². The average molecular weight is 845 g/mol. The first-order valence-corrected chi connectivity index (χ1v) is 20.8. The molecule has 0 bridgehead atoms. The third-order valence-corrected chi connectivity index (χ3v) is 13.0. The standard InChI is InChI=1S/C41H47ClF2N12O4/c1-46-30-20-35(49-56-33(37(45)58)21-47-38(30)56)54-13-8-28-26(3-2-4-31(28)54)22-50-11-9-34(41(43,44)24-50)53-12-7-27(23-53)51-15-17-52(18-16-51)39(59)25-5-6-29(42)32(19-25)55-14-10-36(57)48-40(55)60/h2-6,19-21,27,34,46H,7-18,22-24H2,1H3,(H2,45,58)(H,48,57,60). The Morgan fingerprint density at radius 2 is 1.75 bits per heavy atom. The van der Waals surface area contributed by atoms with Crippen LogP contribution in [0.2, 0.25) is 5.02 Å². The van der Waals surface area contributed by atoms with Crippen LogP contribution in [0.4, 0.5) is 36.5 Å². The Morgan fingerprint density at radius 3 is 2.50 bits per heavy atom. The molecular weight excluding hydrogens is 798 g/mol. The molecular formula is C41H47ClF2N12O4. The number of nitrogens with zero attached hydrogens (tertiary/aromatic N) is 9. The maximum atomic E-state index is 16.1. The Labute approximate surface area is 350 Å². The van der Waals surface area contributed by atoms with Gasteiger partial charge in [-0.25, -0.2) is 23.1 Å². The van der Waals surface area contributed by atoms with Crippen LogP contribution in [0.5, 0.6) is 0 Å². The normalized spacial score (nSPS) is 22.7. The maximum absolute atomic E-state index is 16.1. The molecule has 316 valence electrons. The van der Waals surface area contributed by atoms with Gasteiger partial charge in [0.2, 0.25) is 5.91 Å². The lowest BCUT2D eigenvalue weighted by atomic mass is 9.97. The molecule has 4 fully saturated rings. The summed E-state index contributed by atoms with van der Waals surface area (Å²) in [6.07, 6.45) is 3.43. The summed E-state index contributed by atoms with van der Waals surface area (Å²) in [6.45, 7) is 4.88. The first-order valence-electron chi connectivity index (χ1n) is 20.4. The highest BCUT2D eigenvalue weighted by atomic mass is 35.5. The topological polar surface area (TPSA) is 168 Å². The number of primary amides is 1. The second-order valence-electron chi connectivity index (χ2n) is 16.2. The molecule has 5 aliphatic heterocycles. The van der Waals surface area contributed by atoms with Crippen LogP contribution in [-0.4, -0.2) is 148 Å². The molecule has 9 rings (SSSR count). The highest BCUT2D eigenvalue weighted by Gasteiger charge is 2.49. The zero-order valence-electron chi connectivity index (χ0n) is 33.2. The van der Waals surface area contributed by atoms with Crippen molar-refractivity contribution in [3.05, 3.63) is 76.1 Å². The molecule has 60 heavy (non-hydrogen) atoms. The third-order valence-electron chi connectivity index (χ3n) is 12.7. The van der Waals surface area contributed by atoms with Crippen LogP contribution < -0.4 is 26.2 Å². The molecule has 5 amide bonds. The fraction of sp³-hybridized carbons (Fsp3) is 0.463. The smallest absolute Gasteiger partial charge is 0.328 e. The number of hydrogen-bond acceptors (Lipinski definition) is 11. The van der Waals surface area contributed by atoms with E-state index in [0.717, 1.165) is 29.7 Å². The molecule has 0 aliphatic carbocycles. The summed E-state index contributed by atoms with van der Waals surface area (Å²) in [7, 11) is 1.77. The number of imide groups is 1. The number of urea groups is 1. The summed E-state index contributed by atoms with van der Waals surface area (Å²) >= 11 is 6.40. The van der Waals surface area contributed by atoms with E-state index in [1.54, 1.807) is 30.1 Å². The monoisotopic (exact) mass is 844 g/mol. The number of amides is 5. The molecule has 0 saturated carbocycles. The average Bonchev–Trinajstić information content (AvgIpc) is 4.00. The number of alkyl halides is 2. The zero-order chi connectivity index (χ0) is 41.9. The minimum absolute atomic E-state index is 0.129. The van der Waals surface area contributed by atoms with Crippen LogP contribution >= 0.6 is 11.6 Å². The minimum atomic E-state index is -2.89. The van der Waals surface area contributed by atoms with Crippen LogP contribution in [0.1, 0.15) is 51.2 Å². The molecule has 2 atom stereocenters. The fourth-order valence-electron chi connectivity index (χ4n) is 9.62. The van der Waals surface area contributed by atoms with E-state index in [-0.39, 0.29) is 43.1 Å². The summed E-state index contributed by atoms with van der Waals surface area (Å²) in [5.41, 5.74) is 10.8. The van der Waals surface area contributed by atoms with Crippen LogP contribution in [0, 0.1) is 0 Å². The number of aromatic nitrogens is 3. The van der Waals surface area contributed by atoms with Gasteiger partial charge >= 0.3 is 6.03 Å². The van der Waals surface area contributed by atoms with Gasteiger partial charge in [-0.15, -0.1) is 5.10 Å². The second-order valence-corrected chi connectivity index (χ2v) is 16.6. The number of rotatable bonds is 9. The van der Waals surface area contributed by atoms with Gasteiger partial charge in [-0.1, -0.05) is 23.7 Å². The SMILES string of the molecule is CNc1cc(N2CCc3c(CN4CCC(N5CCC(N6CCN(C(=O)c7ccc(Cl)c(N8CCC(=O)NC8=O)c7)CC6)C5)C(F)(F)C4)cccc32)nn2c(C(N)=O)cnc12. The van der Waals surface area contributed by atoms with E-state index in [1.807, 2.05) is 34.1 Å². The van der Waals surface area contributed by atoms with Crippen molar-refractivity contribution >= 4 is 63.9 Å². The quantitative estimate of drug-likeness (QED) is 0.226. The molecule has 4 saturated heterocycles. The molecule has 0 radical (unpaired) electrons. The van der Waals surface area contributed by atoms with Gasteiger partial charge in [0.05, 0.1) is 35.2 Å². The van der Waals surface area contributed by atoms with Crippen molar-refractivity contribution in [2.75, 3.05) is 87.6 Å². The Hall–Kier alpha value is -5.43. The molecule has 5 aliphatic rings. The van der Waals surface area contributed by atoms with E-state index in [4.69, 9.17) is 22.4 Å². The van der Waals surface area contributed by atoms with E-state index in [9.17, 15) is 19.2 Å². The summed E-state index contributed by atoms with van der Waals surface area (Å²) in [6, 6.07) is 11.4. The van der Waals surface area contributed by atoms with Crippen molar-refractivity contribution in [1.29, 1.82) is 0 Å². The predicted molar refractivity (Wildman–Crippen MR) is 221 cm³/mol. The molecule has 4 aromatic rings. The van der Waals surface area contributed by atoms with E-state index in [1.165, 1.54) is 15.6 Å². The molecule has 0 spiro atoms. The van der Waals surface area contributed by atoms with Crippen molar-refractivity contribution in [2.24, 2.45) is 5.73 Å². The third kappa shape index (κ3) is 7.39. The summed E-state index contributed by atoms with van der Waals surface area (Å²) < 4.78 is 33.7. The number of halogens is 3. The Morgan fingerprint density at radius 1 is 0.950 bits per heavy atom. The van der Waals surface area contributed by atoms with E-state index in [2.05, 4.69) is 25.4 Å². The highest BCUT2D eigenvalue weighted by Crippen LogP contribution is 2.39. The Bertz CT molecular complexity index is 2370. The number of anilines is 4. The lowest BCUT2D eigenvalue weighted by molar-refractivity contribution is -0.125. The number of benzene rings is 2. The minimum Gasteiger partial charge on any atom is -0.385 e. The van der Waals surface area contributed by atoms with Crippen LogP contribution in [-0.2, 0) is 17.8 Å². The number of piperazine rings is 1. The number of imidazole rings is 1. The van der Waals surface area contributed by atoms with Gasteiger partial charge in [-0.2, -0.15) is 0 Å². The zero-order valence-corrected chi connectivity index (χ0v) is 34.0. The Balaban J connectivity index is 0.798. The van der Waals surface area contributed by atoms with Gasteiger partial charge in [0, 0.05) is 102 Å². The molecule has 19 heteroatoms. The molecule has 2 unspecified atom stereocenters. The van der Waals surface area contributed by atoms with Crippen molar-refractivity contribution in [1.82, 2.24) is 39.5 Å². The number of hydrogen-bond donors (Lipinski definition) is 3. The largest absolute Gasteiger partial charge is 0.385 e. The lowest BCUT2D eigenvalue weighted by Crippen LogP contribution is -2.58. The van der Waals surface area contributed by atoms with E-state index in [0.29, 0.717) is 98.7 Å². The second kappa shape index (κ2) is 15.9. The number of likely N-dealkylation sites (tertiary alicyclic amines) is 2. The van der Waals surface area contributed by atoms with Gasteiger partial charge in [-0.3, -0.25) is 39.3 Å². The fourth-order valence-corrected chi connectivity index (χ4v) is 9.84. The number of piperidine rings is 1. The Kier molecular flexibility index (Phi) is 10.6. The summed E-state index contributed by atoms with van der Waals surface area (Å²) in [5.74, 6) is -3.44. The van der Waals surface area contributed by atoms with Gasteiger partial charge in [0.15, 0.2) is 11.5 Å². The van der Waals surface area contributed by atoms with Crippen LogP contribution in [0.3, 0.4) is 0 Å². The highest BCUT2D eigenvalue weighted by molar-refractivity contribution is 6.34.